The second kappa shape index (κ2) is 4.43. The number of aromatic amines is 1. The molecule has 2 aliphatic rings. The molecule has 5 heteroatoms. The summed E-state index contributed by atoms with van der Waals surface area (Å²) in [5.74, 6) is 0.851. The number of nitrogens with zero attached hydrogens (tertiary/aromatic N) is 1. The van der Waals surface area contributed by atoms with Crippen molar-refractivity contribution >= 4 is 17.0 Å². The van der Waals surface area contributed by atoms with Gasteiger partial charge in [-0.2, -0.15) is 0 Å². The molecule has 0 aliphatic carbocycles. The Labute approximate surface area is 135 Å². The van der Waals surface area contributed by atoms with Gasteiger partial charge in [-0.3, -0.25) is 4.90 Å². The Bertz CT molecular complexity index is 812. The van der Waals surface area contributed by atoms with Crippen LogP contribution in [0.1, 0.15) is 38.4 Å². The molecule has 1 fully saturated rings. The van der Waals surface area contributed by atoms with Crippen LogP contribution in [0.25, 0.3) is 10.9 Å². The highest BCUT2D eigenvalue weighted by molar-refractivity contribution is 5.88. The van der Waals surface area contributed by atoms with E-state index in [1.54, 1.807) is 7.11 Å². The largest absolute Gasteiger partial charge is 0.497 e. The standard InChI is InChI=1S/C18H22N2O3/c1-5-17(2)18(3)15-12(8-9-20(18)16(21)23-17)13-10-11(22-4)6-7-14(13)19-15/h6-7,10,19H,5,8-9H2,1-4H3/t17-,18-/m0/s1. The minimum Gasteiger partial charge on any atom is -0.497 e. The summed E-state index contributed by atoms with van der Waals surface area (Å²) in [4.78, 5) is 17.8. The number of methoxy groups -OCH3 is 1. The number of hydrogen-bond donors (Lipinski definition) is 1. The van der Waals surface area contributed by atoms with Gasteiger partial charge in [-0.15, -0.1) is 0 Å². The van der Waals surface area contributed by atoms with E-state index in [1.165, 1.54) is 10.9 Å². The molecule has 23 heavy (non-hydrogen) atoms. The van der Waals surface area contributed by atoms with E-state index >= 15 is 0 Å². The first-order chi connectivity index (χ1) is 10.9. The second-order valence-corrected chi connectivity index (χ2v) is 6.82. The Morgan fingerprint density at radius 3 is 2.87 bits per heavy atom. The summed E-state index contributed by atoms with van der Waals surface area (Å²) < 4.78 is 11.2. The van der Waals surface area contributed by atoms with Gasteiger partial charge in [0.05, 0.1) is 7.11 Å². The number of nitrogens with one attached hydrogen (secondary N) is 1. The first kappa shape index (κ1) is 14.4. The Kier molecular flexibility index (Phi) is 2.78. The fourth-order valence-electron chi connectivity index (χ4n) is 4.20. The van der Waals surface area contributed by atoms with Gasteiger partial charge in [-0.05, 0) is 50.5 Å². The highest BCUT2D eigenvalue weighted by Crippen LogP contribution is 2.52. The molecule has 3 heterocycles. The zero-order chi connectivity index (χ0) is 16.4. The van der Waals surface area contributed by atoms with E-state index in [1.807, 2.05) is 24.0 Å². The number of carbonyl (C=O) groups is 1. The molecule has 2 aliphatic heterocycles. The van der Waals surface area contributed by atoms with E-state index in [9.17, 15) is 4.79 Å². The van der Waals surface area contributed by atoms with Gasteiger partial charge in [0.2, 0.25) is 0 Å². The van der Waals surface area contributed by atoms with Crippen molar-refractivity contribution in [2.45, 2.75) is 44.8 Å². The van der Waals surface area contributed by atoms with E-state index in [4.69, 9.17) is 9.47 Å². The molecule has 2 atom stereocenters. The normalized spacial score (nSPS) is 29.4. The van der Waals surface area contributed by atoms with Gasteiger partial charge in [-0.1, -0.05) is 6.92 Å². The lowest BCUT2D eigenvalue weighted by Crippen LogP contribution is -2.55. The molecule has 1 N–H and O–H groups in total. The SMILES string of the molecule is CC[C@]1(C)OC(=O)N2CCc3c([nH]c4ccc(OC)cc34)[C@]21C. The lowest BCUT2D eigenvalue weighted by molar-refractivity contribution is -0.00297. The van der Waals surface area contributed by atoms with Crippen molar-refractivity contribution in [2.24, 2.45) is 0 Å². The Morgan fingerprint density at radius 1 is 1.39 bits per heavy atom. The van der Waals surface area contributed by atoms with E-state index in [0.717, 1.165) is 29.8 Å². The molecular formula is C18H22N2O3. The van der Waals surface area contributed by atoms with Crippen molar-refractivity contribution < 1.29 is 14.3 Å². The van der Waals surface area contributed by atoms with Gasteiger partial charge < -0.3 is 14.5 Å². The molecule has 0 saturated carbocycles. The van der Waals surface area contributed by atoms with Crippen LogP contribution in [0.3, 0.4) is 0 Å². The smallest absolute Gasteiger partial charge is 0.411 e. The summed E-state index contributed by atoms with van der Waals surface area (Å²) in [5, 5.41) is 1.18. The third kappa shape index (κ3) is 1.60. The molecular weight excluding hydrogens is 292 g/mol. The summed E-state index contributed by atoms with van der Waals surface area (Å²) in [6.07, 6.45) is 1.38. The average Bonchev–Trinajstić information content (AvgIpc) is 3.02. The molecule has 122 valence electrons. The average molecular weight is 314 g/mol. The van der Waals surface area contributed by atoms with E-state index in [0.29, 0.717) is 6.54 Å². The van der Waals surface area contributed by atoms with Crippen molar-refractivity contribution in [1.29, 1.82) is 0 Å². The highest BCUT2D eigenvalue weighted by Gasteiger charge is 2.62. The highest BCUT2D eigenvalue weighted by atomic mass is 16.6. The van der Waals surface area contributed by atoms with Gasteiger partial charge in [0.15, 0.2) is 0 Å². The topological polar surface area (TPSA) is 54.6 Å². The fraction of sp³-hybridized carbons (Fsp3) is 0.500. The monoisotopic (exact) mass is 314 g/mol. The van der Waals surface area contributed by atoms with Gasteiger partial charge in [-0.25, -0.2) is 4.79 Å². The van der Waals surface area contributed by atoms with E-state index < -0.39 is 11.1 Å². The molecule has 1 aromatic carbocycles. The zero-order valence-electron chi connectivity index (χ0n) is 14.0. The Balaban J connectivity index is 1.99. The van der Waals surface area contributed by atoms with E-state index in [2.05, 4.69) is 24.9 Å². The van der Waals surface area contributed by atoms with E-state index in [-0.39, 0.29) is 6.09 Å². The van der Waals surface area contributed by atoms with Crippen LogP contribution in [0.5, 0.6) is 5.75 Å². The maximum absolute atomic E-state index is 12.4. The van der Waals surface area contributed by atoms with Crippen LogP contribution in [0.2, 0.25) is 0 Å². The fourth-order valence-corrected chi connectivity index (χ4v) is 4.20. The second-order valence-electron chi connectivity index (χ2n) is 6.82. The maximum Gasteiger partial charge on any atom is 0.411 e. The Morgan fingerprint density at radius 2 is 2.17 bits per heavy atom. The van der Waals surface area contributed by atoms with Crippen molar-refractivity contribution in [3.8, 4) is 5.75 Å². The minimum atomic E-state index is -0.537. The molecule has 0 spiro atoms. The van der Waals surface area contributed by atoms with Gasteiger partial charge >= 0.3 is 6.09 Å². The van der Waals surface area contributed by atoms with Crippen LogP contribution >= 0.6 is 0 Å². The van der Waals surface area contributed by atoms with Gasteiger partial charge in [0, 0.05) is 23.1 Å². The van der Waals surface area contributed by atoms with Crippen LogP contribution in [0.4, 0.5) is 4.79 Å². The minimum absolute atomic E-state index is 0.210. The number of ether oxygens (including phenoxy) is 2. The van der Waals surface area contributed by atoms with Crippen molar-refractivity contribution in [3.05, 3.63) is 29.5 Å². The number of carbonyl (C=O) groups excluding carboxylic acids is 1. The Hall–Kier alpha value is -2.17. The lowest BCUT2D eigenvalue weighted by atomic mass is 9.74. The number of benzene rings is 1. The first-order valence-electron chi connectivity index (χ1n) is 8.14. The lowest BCUT2D eigenvalue weighted by Gasteiger charge is -2.44. The molecule has 1 aromatic heterocycles. The molecule has 5 nitrogen and oxygen atoms in total. The maximum atomic E-state index is 12.4. The number of cyclic esters (lactones) is 1. The molecule has 2 aromatic rings. The van der Waals surface area contributed by atoms with Gasteiger partial charge in [0.1, 0.15) is 16.9 Å². The molecule has 0 bridgehead atoms. The van der Waals surface area contributed by atoms with Crippen LogP contribution in [0, 0.1) is 0 Å². The van der Waals surface area contributed by atoms with Crippen LogP contribution in [-0.4, -0.2) is 35.2 Å². The number of rotatable bonds is 2. The number of aromatic nitrogens is 1. The summed E-state index contributed by atoms with van der Waals surface area (Å²) in [6, 6.07) is 6.07. The van der Waals surface area contributed by atoms with Crippen molar-refractivity contribution in [2.75, 3.05) is 13.7 Å². The molecule has 4 rings (SSSR count). The summed E-state index contributed by atoms with van der Waals surface area (Å²) in [6.45, 7) is 6.90. The third-order valence-corrected chi connectivity index (χ3v) is 5.96. The number of H-pyrrole nitrogens is 1. The molecule has 0 radical (unpaired) electrons. The van der Waals surface area contributed by atoms with Crippen molar-refractivity contribution in [3.63, 3.8) is 0 Å². The molecule has 1 saturated heterocycles. The zero-order valence-corrected chi connectivity index (χ0v) is 14.0. The number of hydrogen-bond acceptors (Lipinski definition) is 3. The van der Waals surface area contributed by atoms with Gasteiger partial charge in [0.25, 0.3) is 0 Å². The quantitative estimate of drug-likeness (QED) is 0.922. The van der Waals surface area contributed by atoms with Crippen molar-refractivity contribution in [1.82, 2.24) is 9.88 Å². The number of fused-ring (bicyclic) bond motifs is 5. The first-order valence-corrected chi connectivity index (χ1v) is 8.14. The molecule has 0 unspecified atom stereocenters. The van der Waals surface area contributed by atoms with Crippen LogP contribution in [-0.2, 0) is 16.7 Å². The predicted molar refractivity (Wildman–Crippen MR) is 87.8 cm³/mol. The summed E-state index contributed by atoms with van der Waals surface area (Å²) in [5.41, 5.74) is 2.44. The van der Waals surface area contributed by atoms with Crippen LogP contribution < -0.4 is 4.74 Å². The number of amides is 1. The molecule has 1 amide bonds. The summed E-state index contributed by atoms with van der Waals surface area (Å²) >= 11 is 0. The third-order valence-electron chi connectivity index (χ3n) is 5.96. The predicted octanol–water partition coefficient (Wildman–Crippen LogP) is 3.57. The summed E-state index contributed by atoms with van der Waals surface area (Å²) in [7, 11) is 1.68. The van der Waals surface area contributed by atoms with Crippen LogP contribution in [0.15, 0.2) is 18.2 Å².